The molecule has 5 aromatic heterocycles. The van der Waals surface area contributed by atoms with Crippen molar-refractivity contribution >= 4 is 43.6 Å². The summed E-state index contributed by atoms with van der Waals surface area (Å²) in [5, 5.41) is 13.8. The maximum absolute atomic E-state index is 6.65. The van der Waals surface area contributed by atoms with Gasteiger partial charge in [-0.3, -0.25) is 0 Å². The highest BCUT2D eigenvalue weighted by Gasteiger charge is 2.21. The van der Waals surface area contributed by atoms with Gasteiger partial charge in [-0.25, -0.2) is 29.9 Å². The van der Waals surface area contributed by atoms with Gasteiger partial charge in [0.05, 0.1) is 22.1 Å². The Hall–Kier alpha value is -11.0. The molecule has 0 aliphatic carbocycles. The fourth-order valence-electron chi connectivity index (χ4n) is 10.7. The molecule has 0 unspecified atom stereocenters. The minimum absolute atomic E-state index is 0.407. The summed E-state index contributed by atoms with van der Waals surface area (Å²) in [4.78, 5) is 30.0. The number of nitrogens with zero attached hydrogens (tertiary/aromatic N) is 10. The Morgan fingerprint density at radius 2 is 0.532 bits per heavy atom. The first-order chi connectivity index (χ1) is 39.1. The number of fused-ring (bicyclic) bond motifs is 6. The Balaban J connectivity index is 0.808. The van der Waals surface area contributed by atoms with E-state index in [0.717, 1.165) is 99.5 Å². The van der Waals surface area contributed by atoms with Crippen LogP contribution in [0.25, 0.3) is 146 Å². The molecule has 0 saturated carbocycles. The zero-order valence-electron chi connectivity index (χ0n) is 42.1. The lowest BCUT2D eigenvalue weighted by Crippen LogP contribution is -2.01. The summed E-state index contributed by atoms with van der Waals surface area (Å²) >= 11 is 0. The SMILES string of the molecule is c1ccc(-c2nc(-c3ccccc3)nc(-c3cccc(-n4c5ccccc5c5ccc(-c6nnc(-c7ccc8c9ccccc9n(-c9cccc(-c%10nc(-c%11ccccc%11)nc(-c%11ccccc%11)n%10)c9)c8c7)o6)cc54)c3)n2)cc1. The summed E-state index contributed by atoms with van der Waals surface area (Å²) in [6.45, 7) is 0. The first-order valence-electron chi connectivity index (χ1n) is 26.0. The first kappa shape index (κ1) is 45.4. The molecule has 0 spiro atoms. The Labute approximate surface area is 452 Å². The van der Waals surface area contributed by atoms with Crippen LogP contribution >= 0.6 is 0 Å². The average Bonchev–Trinajstić information content (AvgIpc) is 4.36. The lowest BCUT2D eigenvalue weighted by atomic mass is 10.1. The molecule has 0 saturated heterocycles. The lowest BCUT2D eigenvalue weighted by Gasteiger charge is -2.12. The van der Waals surface area contributed by atoms with E-state index in [-0.39, 0.29) is 0 Å². The Bertz CT molecular complexity index is 4370. The van der Waals surface area contributed by atoms with Gasteiger partial charge in [0.1, 0.15) is 0 Å². The second kappa shape index (κ2) is 19.0. The third kappa shape index (κ3) is 8.17. The van der Waals surface area contributed by atoms with Crippen molar-refractivity contribution in [2.75, 3.05) is 0 Å². The predicted octanol–water partition coefficient (Wildman–Crippen LogP) is 16.0. The van der Waals surface area contributed by atoms with Crippen molar-refractivity contribution in [3.05, 3.63) is 255 Å². The van der Waals surface area contributed by atoms with Crippen LogP contribution in [0.4, 0.5) is 0 Å². The van der Waals surface area contributed by atoms with E-state index in [9.17, 15) is 0 Å². The zero-order valence-corrected chi connectivity index (χ0v) is 42.1. The molecule has 10 aromatic carbocycles. The highest BCUT2D eigenvalue weighted by molar-refractivity contribution is 6.11. The summed E-state index contributed by atoms with van der Waals surface area (Å²) in [6, 6.07) is 86.5. The molecule has 0 aliphatic heterocycles. The van der Waals surface area contributed by atoms with Crippen molar-refractivity contribution in [3.63, 3.8) is 0 Å². The molecule has 0 atom stereocenters. The summed E-state index contributed by atoms with van der Waals surface area (Å²) < 4.78 is 11.2. The second-order valence-electron chi connectivity index (χ2n) is 19.3. The molecule has 15 rings (SSSR count). The van der Waals surface area contributed by atoms with Crippen molar-refractivity contribution < 1.29 is 4.42 Å². The molecule has 0 amide bonds. The number of rotatable bonds is 10. The number of hydrogen-bond donors (Lipinski definition) is 0. The van der Waals surface area contributed by atoms with Gasteiger partial charge in [0.15, 0.2) is 34.9 Å². The maximum atomic E-state index is 6.65. The van der Waals surface area contributed by atoms with Crippen LogP contribution in [0.15, 0.2) is 259 Å². The van der Waals surface area contributed by atoms with E-state index in [4.69, 9.17) is 34.3 Å². The molecule has 0 aliphatic rings. The van der Waals surface area contributed by atoms with Gasteiger partial charge in [0, 0.05) is 77.4 Å². The van der Waals surface area contributed by atoms with Crippen molar-refractivity contribution in [2.45, 2.75) is 0 Å². The molecule has 0 radical (unpaired) electrons. The van der Waals surface area contributed by atoms with E-state index in [1.54, 1.807) is 0 Å². The maximum Gasteiger partial charge on any atom is 0.248 e. The highest BCUT2D eigenvalue weighted by Crippen LogP contribution is 2.39. The van der Waals surface area contributed by atoms with Gasteiger partial charge in [0.25, 0.3) is 0 Å². The zero-order chi connectivity index (χ0) is 52.2. The van der Waals surface area contributed by atoms with Gasteiger partial charge in [-0.2, -0.15) is 0 Å². The van der Waals surface area contributed by atoms with Crippen molar-refractivity contribution in [1.29, 1.82) is 0 Å². The third-order valence-corrected chi connectivity index (χ3v) is 14.4. The minimum Gasteiger partial charge on any atom is -0.416 e. The highest BCUT2D eigenvalue weighted by atomic mass is 16.4. The molecular formula is C68H42N10O. The van der Waals surface area contributed by atoms with Crippen LogP contribution in [0.2, 0.25) is 0 Å². The average molecular weight is 1020 g/mol. The van der Waals surface area contributed by atoms with Gasteiger partial charge in [-0.05, 0) is 60.7 Å². The van der Waals surface area contributed by atoms with E-state index in [1.165, 1.54) is 0 Å². The van der Waals surface area contributed by atoms with Crippen LogP contribution in [0.5, 0.6) is 0 Å². The number of aromatic nitrogens is 10. The molecular weight excluding hydrogens is 973 g/mol. The number of hydrogen-bond acceptors (Lipinski definition) is 9. The van der Waals surface area contributed by atoms with E-state index in [0.29, 0.717) is 46.7 Å². The topological polar surface area (TPSA) is 126 Å². The summed E-state index contributed by atoms with van der Waals surface area (Å²) in [6.07, 6.45) is 0. The van der Waals surface area contributed by atoms with Crippen LogP contribution < -0.4 is 0 Å². The first-order valence-corrected chi connectivity index (χ1v) is 26.0. The standard InChI is InChI=1S/C68H42N10O/c1-5-19-43(20-6-1)61-69-62(44-21-7-2-8-22-44)72-65(71-61)47-27-17-29-51(39-47)77-57-33-15-13-31-53(57)55-37-35-49(41-59(55)77)67-75-76-68(79-67)50-36-38-56-54-32-14-16-34-58(54)78(60(56)42-50)52-30-18-28-48(40-52)66-73-63(45-23-9-3-10-24-45)70-64(74-66)46-25-11-4-12-26-46/h1-42H. The summed E-state index contributed by atoms with van der Waals surface area (Å²) in [5.74, 6) is 4.40. The smallest absolute Gasteiger partial charge is 0.248 e. The van der Waals surface area contributed by atoms with E-state index >= 15 is 0 Å². The van der Waals surface area contributed by atoms with Crippen LogP contribution in [-0.4, -0.2) is 49.2 Å². The Morgan fingerprint density at radius 1 is 0.228 bits per heavy atom. The van der Waals surface area contributed by atoms with Crippen LogP contribution in [0.3, 0.4) is 0 Å². The molecule has 370 valence electrons. The molecule has 5 heterocycles. The molecule has 0 bridgehead atoms. The van der Waals surface area contributed by atoms with Crippen LogP contribution in [0, 0.1) is 0 Å². The lowest BCUT2D eigenvalue weighted by molar-refractivity contribution is 0.584. The second-order valence-corrected chi connectivity index (χ2v) is 19.3. The van der Waals surface area contributed by atoms with Crippen molar-refractivity contribution in [1.82, 2.24) is 49.2 Å². The third-order valence-electron chi connectivity index (χ3n) is 14.4. The number of para-hydroxylation sites is 2. The molecule has 15 aromatic rings. The van der Waals surface area contributed by atoms with Crippen LogP contribution in [-0.2, 0) is 0 Å². The largest absolute Gasteiger partial charge is 0.416 e. The van der Waals surface area contributed by atoms with E-state index in [2.05, 4.69) is 153 Å². The van der Waals surface area contributed by atoms with Crippen LogP contribution in [0.1, 0.15) is 0 Å². The van der Waals surface area contributed by atoms with Crippen molar-refractivity contribution in [3.8, 4) is 103 Å². The molecule has 11 nitrogen and oxygen atoms in total. The molecule has 0 fully saturated rings. The predicted molar refractivity (Wildman–Crippen MR) is 313 cm³/mol. The summed E-state index contributed by atoms with van der Waals surface area (Å²) in [7, 11) is 0. The quantitative estimate of drug-likeness (QED) is 0.132. The van der Waals surface area contributed by atoms with Gasteiger partial charge in [-0.1, -0.05) is 194 Å². The molecule has 11 heteroatoms. The van der Waals surface area contributed by atoms with Crippen molar-refractivity contribution in [2.24, 2.45) is 0 Å². The molecule has 79 heavy (non-hydrogen) atoms. The molecule has 0 N–H and O–H groups in total. The van der Waals surface area contributed by atoms with Gasteiger partial charge in [0.2, 0.25) is 11.8 Å². The normalized spacial score (nSPS) is 11.5. The van der Waals surface area contributed by atoms with Gasteiger partial charge < -0.3 is 13.6 Å². The minimum atomic E-state index is 0.407. The fourth-order valence-corrected chi connectivity index (χ4v) is 10.7. The van der Waals surface area contributed by atoms with E-state index < -0.39 is 0 Å². The summed E-state index contributed by atoms with van der Waals surface area (Å²) in [5.41, 5.74) is 12.9. The number of benzene rings is 10. The van der Waals surface area contributed by atoms with Gasteiger partial charge in [-0.15, -0.1) is 10.2 Å². The fraction of sp³-hybridized carbons (Fsp3) is 0. The Kier molecular flexibility index (Phi) is 10.9. The monoisotopic (exact) mass is 1010 g/mol. The van der Waals surface area contributed by atoms with Gasteiger partial charge >= 0.3 is 0 Å². The van der Waals surface area contributed by atoms with E-state index in [1.807, 2.05) is 121 Å². The Morgan fingerprint density at radius 3 is 0.899 bits per heavy atom.